The van der Waals surface area contributed by atoms with Gasteiger partial charge in [-0.3, -0.25) is 5.32 Å². The van der Waals surface area contributed by atoms with Crippen molar-refractivity contribution in [3.05, 3.63) is 11.6 Å². The van der Waals surface area contributed by atoms with Crippen molar-refractivity contribution >= 4 is 22.5 Å². The first kappa shape index (κ1) is 12.9. The van der Waals surface area contributed by atoms with Crippen LogP contribution in [0.4, 0.5) is 9.93 Å². The summed E-state index contributed by atoms with van der Waals surface area (Å²) in [6.45, 7) is 0. The lowest BCUT2D eigenvalue weighted by Crippen LogP contribution is -2.47. The monoisotopic (exact) mass is 279 g/mol. The normalized spacial score (nSPS) is 20.8. The average Bonchev–Trinajstić information content (AvgIpc) is 3.11. The van der Waals surface area contributed by atoms with Gasteiger partial charge in [0, 0.05) is 23.7 Å². The summed E-state index contributed by atoms with van der Waals surface area (Å²) in [4.78, 5) is 18.9. The largest absolute Gasteiger partial charge is 0.324 e. The second kappa shape index (κ2) is 5.90. The molecule has 1 aromatic heterocycles. The third kappa shape index (κ3) is 2.91. The molecule has 1 aromatic rings. The van der Waals surface area contributed by atoms with Crippen LogP contribution in [-0.4, -0.2) is 28.0 Å². The molecule has 1 heterocycles. The lowest BCUT2D eigenvalue weighted by molar-refractivity contribution is 0.157. The molecule has 2 aliphatic rings. The molecule has 0 unspecified atom stereocenters. The zero-order chi connectivity index (χ0) is 13.1. The van der Waals surface area contributed by atoms with Crippen molar-refractivity contribution in [1.82, 2.24) is 9.88 Å². The van der Waals surface area contributed by atoms with Crippen molar-refractivity contribution in [3.8, 4) is 0 Å². The summed E-state index contributed by atoms with van der Waals surface area (Å²) in [5.74, 6) is 0. The van der Waals surface area contributed by atoms with Gasteiger partial charge in [-0.25, -0.2) is 9.78 Å². The van der Waals surface area contributed by atoms with Crippen molar-refractivity contribution in [2.45, 2.75) is 63.5 Å². The van der Waals surface area contributed by atoms with Crippen LogP contribution < -0.4 is 5.32 Å². The summed E-state index contributed by atoms with van der Waals surface area (Å²) in [7, 11) is 0. The number of nitrogens with one attached hydrogen (secondary N) is 1. The summed E-state index contributed by atoms with van der Waals surface area (Å²) < 4.78 is 0. The van der Waals surface area contributed by atoms with E-state index in [1.807, 2.05) is 5.38 Å². The van der Waals surface area contributed by atoms with Crippen LogP contribution >= 0.6 is 11.3 Å². The van der Waals surface area contributed by atoms with Crippen molar-refractivity contribution < 1.29 is 4.79 Å². The highest BCUT2D eigenvalue weighted by Gasteiger charge is 2.34. The number of aromatic nitrogens is 1. The molecule has 2 fully saturated rings. The van der Waals surface area contributed by atoms with E-state index >= 15 is 0 Å². The Morgan fingerprint density at radius 3 is 2.21 bits per heavy atom. The fraction of sp³-hybridized carbons (Fsp3) is 0.714. The number of urea groups is 1. The third-order valence-corrected chi connectivity index (χ3v) is 5.01. The minimum Gasteiger partial charge on any atom is -0.319 e. The Kier molecular flexibility index (Phi) is 4.01. The Morgan fingerprint density at radius 1 is 1.16 bits per heavy atom. The standard InChI is InChI=1S/C14H21N3OS/c18-14(16-13-15-9-10-19-13)17(11-5-1-2-6-11)12-7-3-4-8-12/h9-12H,1-8H2,(H,15,16,18). The summed E-state index contributed by atoms with van der Waals surface area (Å²) in [5.41, 5.74) is 0. The van der Waals surface area contributed by atoms with Gasteiger partial charge in [-0.2, -0.15) is 0 Å². The predicted octanol–water partition coefficient (Wildman–Crippen LogP) is 3.86. The molecule has 3 rings (SSSR count). The van der Waals surface area contributed by atoms with Crippen LogP contribution in [0.25, 0.3) is 0 Å². The number of thiazole rings is 1. The molecule has 2 aliphatic carbocycles. The van der Waals surface area contributed by atoms with E-state index in [-0.39, 0.29) is 6.03 Å². The fourth-order valence-corrected chi connectivity index (χ4v) is 3.95. The van der Waals surface area contributed by atoms with Crippen LogP contribution in [0.15, 0.2) is 11.6 Å². The second-order valence-electron chi connectivity index (χ2n) is 5.55. The minimum atomic E-state index is 0.0637. The van der Waals surface area contributed by atoms with Gasteiger partial charge in [0.2, 0.25) is 0 Å². The van der Waals surface area contributed by atoms with Gasteiger partial charge < -0.3 is 4.90 Å². The first-order valence-corrected chi connectivity index (χ1v) is 8.21. The van der Waals surface area contributed by atoms with E-state index in [1.165, 1.54) is 62.7 Å². The zero-order valence-corrected chi connectivity index (χ0v) is 12.0. The van der Waals surface area contributed by atoms with Crippen molar-refractivity contribution in [2.24, 2.45) is 0 Å². The number of anilines is 1. The Balaban J connectivity index is 1.71. The summed E-state index contributed by atoms with van der Waals surface area (Å²) in [6, 6.07) is 0.958. The molecule has 0 aromatic carbocycles. The summed E-state index contributed by atoms with van der Waals surface area (Å²) >= 11 is 1.48. The number of hydrogen-bond acceptors (Lipinski definition) is 3. The quantitative estimate of drug-likeness (QED) is 0.913. The van der Waals surface area contributed by atoms with Gasteiger partial charge in [-0.15, -0.1) is 11.3 Å². The van der Waals surface area contributed by atoms with E-state index in [0.29, 0.717) is 17.2 Å². The number of nitrogens with zero attached hydrogens (tertiary/aromatic N) is 2. The van der Waals surface area contributed by atoms with Gasteiger partial charge in [0.25, 0.3) is 0 Å². The Morgan fingerprint density at radius 2 is 1.74 bits per heavy atom. The lowest BCUT2D eigenvalue weighted by atomic mass is 10.1. The average molecular weight is 279 g/mol. The van der Waals surface area contributed by atoms with Gasteiger partial charge in [0.1, 0.15) is 0 Å². The maximum absolute atomic E-state index is 12.6. The lowest BCUT2D eigenvalue weighted by Gasteiger charge is -2.34. The van der Waals surface area contributed by atoms with E-state index in [9.17, 15) is 4.79 Å². The van der Waals surface area contributed by atoms with Crippen LogP contribution in [0.2, 0.25) is 0 Å². The molecule has 19 heavy (non-hydrogen) atoms. The highest BCUT2D eigenvalue weighted by atomic mass is 32.1. The maximum atomic E-state index is 12.6. The van der Waals surface area contributed by atoms with Gasteiger partial charge in [0.15, 0.2) is 5.13 Å². The number of carbonyl (C=O) groups excluding carboxylic acids is 1. The molecule has 0 saturated heterocycles. The van der Waals surface area contributed by atoms with E-state index in [4.69, 9.17) is 0 Å². The molecule has 1 N–H and O–H groups in total. The molecular formula is C14H21N3OS. The molecule has 0 atom stereocenters. The molecule has 0 bridgehead atoms. The Hall–Kier alpha value is -1.10. The van der Waals surface area contributed by atoms with Crippen molar-refractivity contribution in [2.75, 3.05) is 5.32 Å². The molecule has 2 amide bonds. The number of hydrogen-bond donors (Lipinski definition) is 1. The molecular weight excluding hydrogens is 258 g/mol. The Bertz CT molecular complexity index is 392. The SMILES string of the molecule is O=C(Nc1nccs1)N(C1CCCC1)C1CCCC1. The van der Waals surface area contributed by atoms with Gasteiger partial charge in [-0.05, 0) is 25.7 Å². The number of rotatable bonds is 3. The molecule has 0 aliphatic heterocycles. The minimum absolute atomic E-state index is 0.0637. The predicted molar refractivity (Wildman–Crippen MR) is 77.5 cm³/mol. The highest BCUT2D eigenvalue weighted by Crippen LogP contribution is 2.32. The molecule has 0 spiro atoms. The van der Waals surface area contributed by atoms with E-state index < -0.39 is 0 Å². The van der Waals surface area contributed by atoms with Crippen molar-refractivity contribution in [1.29, 1.82) is 0 Å². The summed E-state index contributed by atoms with van der Waals surface area (Å²) in [5, 5.41) is 5.58. The van der Waals surface area contributed by atoms with Crippen LogP contribution in [0.5, 0.6) is 0 Å². The van der Waals surface area contributed by atoms with Crippen LogP contribution in [0.3, 0.4) is 0 Å². The highest BCUT2D eigenvalue weighted by molar-refractivity contribution is 7.13. The zero-order valence-electron chi connectivity index (χ0n) is 11.2. The third-order valence-electron chi connectivity index (χ3n) is 4.32. The number of carbonyl (C=O) groups is 1. The topological polar surface area (TPSA) is 45.2 Å². The van der Waals surface area contributed by atoms with Gasteiger partial charge in [0.05, 0.1) is 0 Å². The smallest absolute Gasteiger partial charge is 0.319 e. The van der Waals surface area contributed by atoms with Gasteiger partial charge >= 0.3 is 6.03 Å². The molecule has 104 valence electrons. The van der Waals surface area contributed by atoms with Crippen molar-refractivity contribution in [3.63, 3.8) is 0 Å². The Labute approximate surface area is 118 Å². The van der Waals surface area contributed by atoms with E-state index in [0.717, 1.165) is 0 Å². The van der Waals surface area contributed by atoms with E-state index in [1.54, 1.807) is 6.20 Å². The maximum Gasteiger partial charge on any atom is 0.324 e. The van der Waals surface area contributed by atoms with Crippen LogP contribution in [0.1, 0.15) is 51.4 Å². The fourth-order valence-electron chi connectivity index (χ4n) is 3.44. The second-order valence-corrected chi connectivity index (χ2v) is 6.45. The van der Waals surface area contributed by atoms with Crippen LogP contribution in [-0.2, 0) is 0 Å². The molecule has 2 saturated carbocycles. The summed E-state index contributed by atoms with van der Waals surface area (Å²) in [6.07, 6.45) is 11.5. The van der Waals surface area contributed by atoms with Gasteiger partial charge in [-0.1, -0.05) is 25.7 Å². The van der Waals surface area contributed by atoms with E-state index in [2.05, 4.69) is 15.2 Å². The molecule has 0 radical (unpaired) electrons. The molecule has 5 heteroatoms. The van der Waals surface area contributed by atoms with Crippen LogP contribution in [0, 0.1) is 0 Å². The first-order valence-electron chi connectivity index (χ1n) is 7.33. The number of amides is 2. The first-order chi connectivity index (χ1) is 9.34. The molecule has 4 nitrogen and oxygen atoms in total.